The van der Waals surface area contributed by atoms with Crippen LogP contribution in [0.4, 0.5) is 5.69 Å². The maximum Gasteiger partial charge on any atom is 0.255 e. The zero-order valence-electron chi connectivity index (χ0n) is 17.2. The van der Waals surface area contributed by atoms with Crippen molar-refractivity contribution < 1.29 is 9.59 Å². The van der Waals surface area contributed by atoms with Crippen LogP contribution in [-0.2, 0) is 0 Å². The molecule has 154 valence electrons. The minimum absolute atomic E-state index is 0.152. The summed E-state index contributed by atoms with van der Waals surface area (Å²) in [7, 11) is 0. The van der Waals surface area contributed by atoms with Gasteiger partial charge in [-0.05, 0) is 69.0 Å². The van der Waals surface area contributed by atoms with Gasteiger partial charge in [-0.2, -0.15) is 0 Å². The molecule has 29 heavy (non-hydrogen) atoms. The van der Waals surface area contributed by atoms with Gasteiger partial charge in [-0.1, -0.05) is 37.3 Å². The molecule has 1 unspecified atom stereocenters. The van der Waals surface area contributed by atoms with Crippen molar-refractivity contribution in [3.63, 3.8) is 0 Å². The molecule has 0 aliphatic carbocycles. The molecule has 3 rings (SSSR count). The summed E-state index contributed by atoms with van der Waals surface area (Å²) in [6.45, 7) is 6.46. The van der Waals surface area contributed by atoms with Gasteiger partial charge in [-0.15, -0.1) is 0 Å². The molecule has 0 radical (unpaired) electrons. The van der Waals surface area contributed by atoms with E-state index in [1.807, 2.05) is 30.3 Å². The molecule has 2 aromatic rings. The summed E-state index contributed by atoms with van der Waals surface area (Å²) in [5.74, 6) is 0.424. The Morgan fingerprint density at radius 1 is 1.00 bits per heavy atom. The van der Waals surface area contributed by atoms with Crippen LogP contribution in [0.25, 0.3) is 0 Å². The van der Waals surface area contributed by atoms with E-state index in [1.165, 1.54) is 25.9 Å². The lowest BCUT2D eigenvalue weighted by Crippen LogP contribution is -2.35. The highest BCUT2D eigenvalue weighted by Crippen LogP contribution is 2.17. The lowest BCUT2D eigenvalue weighted by atomic mass is 10.0. The second kappa shape index (κ2) is 10.8. The first-order valence-electron chi connectivity index (χ1n) is 10.6. The van der Waals surface area contributed by atoms with Crippen LogP contribution in [0.15, 0.2) is 54.6 Å². The van der Waals surface area contributed by atoms with Crippen molar-refractivity contribution in [2.75, 3.05) is 31.5 Å². The predicted molar refractivity (Wildman–Crippen MR) is 117 cm³/mol. The highest BCUT2D eigenvalue weighted by molar-refractivity contribution is 6.08. The standard InChI is InChI=1S/C24H31N3O2/c1-19-10-9-17-27(18-19)16-8-7-15-25-24(29)21-13-5-6-14-22(21)26-23(28)20-11-3-2-4-12-20/h2-6,11-14,19H,7-10,15-18H2,1H3,(H,25,29)(H,26,28). The molecule has 1 saturated heterocycles. The number of benzene rings is 2. The van der Waals surface area contributed by atoms with Crippen LogP contribution in [0, 0.1) is 5.92 Å². The Labute approximate surface area is 173 Å². The van der Waals surface area contributed by atoms with Gasteiger partial charge in [0.15, 0.2) is 0 Å². The number of para-hydroxylation sites is 1. The summed E-state index contributed by atoms with van der Waals surface area (Å²) in [6, 6.07) is 16.1. The van der Waals surface area contributed by atoms with E-state index in [2.05, 4.69) is 22.5 Å². The van der Waals surface area contributed by atoms with Crippen LogP contribution in [-0.4, -0.2) is 42.9 Å². The monoisotopic (exact) mass is 393 g/mol. The number of likely N-dealkylation sites (tertiary alicyclic amines) is 1. The van der Waals surface area contributed by atoms with Crippen LogP contribution in [0.3, 0.4) is 0 Å². The van der Waals surface area contributed by atoms with Gasteiger partial charge in [0.2, 0.25) is 0 Å². The van der Waals surface area contributed by atoms with Gasteiger partial charge in [0.05, 0.1) is 11.3 Å². The highest BCUT2D eigenvalue weighted by atomic mass is 16.2. The molecule has 1 aliphatic rings. The third-order valence-electron chi connectivity index (χ3n) is 5.38. The second-order valence-electron chi connectivity index (χ2n) is 7.88. The van der Waals surface area contributed by atoms with E-state index < -0.39 is 0 Å². The summed E-state index contributed by atoms with van der Waals surface area (Å²) in [4.78, 5) is 27.6. The van der Waals surface area contributed by atoms with Crippen molar-refractivity contribution in [2.45, 2.75) is 32.6 Å². The molecule has 1 aliphatic heterocycles. The van der Waals surface area contributed by atoms with E-state index in [-0.39, 0.29) is 11.8 Å². The molecule has 2 aromatic carbocycles. The molecular formula is C24H31N3O2. The third kappa shape index (κ3) is 6.43. The molecule has 0 bridgehead atoms. The fraction of sp³-hybridized carbons (Fsp3) is 0.417. The van der Waals surface area contributed by atoms with Crippen molar-refractivity contribution in [1.82, 2.24) is 10.2 Å². The van der Waals surface area contributed by atoms with Gasteiger partial charge < -0.3 is 15.5 Å². The number of hydrogen-bond acceptors (Lipinski definition) is 3. The van der Waals surface area contributed by atoms with E-state index in [1.54, 1.807) is 24.3 Å². The lowest BCUT2D eigenvalue weighted by molar-refractivity contribution is 0.0953. The first-order chi connectivity index (χ1) is 14.1. The number of piperidine rings is 1. The van der Waals surface area contributed by atoms with Crippen LogP contribution in [0.5, 0.6) is 0 Å². The lowest BCUT2D eigenvalue weighted by Gasteiger charge is -2.30. The molecular weight excluding hydrogens is 362 g/mol. The Morgan fingerprint density at radius 2 is 1.76 bits per heavy atom. The van der Waals surface area contributed by atoms with E-state index in [9.17, 15) is 9.59 Å². The van der Waals surface area contributed by atoms with Crippen LogP contribution >= 0.6 is 0 Å². The molecule has 2 amide bonds. The summed E-state index contributed by atoms with van der Waals surface area (Å²) in [6.07, 6.45) is 4.67. The molecule has 5 nitrogen and oxygen atoms in total. The number of nitrogens with zero attached hydrogens (tertiary/aromatic N) is 1. The van der Waals surface area contributed by atoms with Crippen LogP contribution in [0.2, 0.25) is 0 Å². The fourth-order valence-corrected chi connectivity index (χ4v) is 3.82. The zero-order chi connectivity index (χ0) is 20.5. The van der Waals surface area contributed by atoms with Crippen molar-refractivity contribution in [2.24, 2.45) is 5.92 Å². The normalized spacial score (nSPS) is 16.9. The van der Waals surface area contributed by atoms with Crippen molar-refractivity contribution in [1.29, 1.82) is 0 Å². The number of rotatable bonds is 8. The largest absolute Gasteiger partial charge is 0.352 e. The smallest absolute Gasteiger partial charge is 0.255 e. The minimum atomic E-state index is -0.221. The Kier molecular flexibility index (Phi) is 7.82. The molecule has 5 heteroatoms. The maximum absolute atomic E-state index is 12.6. The molecule has 2 N–H and O–H groups in total. The van der Waals surface area contributed by atoms with E-state index in [4.69, 9.17) is 0 Å². The van der Waals surface area contributed by atoms with E-state index >= 15 is 0 Å². The first-order valence-corrected chi connectivity index (χ1v) is 10.6. The molecule has 1 fully saturated rings. The summed E-state index contributed by atoms with van der Waals surface area (Å²) in [5, 5.41) is 5.84. The van der Waals surface area contributed by atoms with Gasteiger partial charge in [-0.25, -0.2) is 0 Å². The SMILES string of the molecule is CC1CCCN(CCCCNC(=O)c2ccccc2NC(=O)c2ccccc2)C1. The van der Waals surface area contributed by atoms with Gasteiger partial charge in [-0.3, -0.25) is 9.59 Å². The quantitative estimate of drug-likeness (QED) is 0.662. The fourth-order valence-electron chi connectivity index (χ4n) is 3.82. The van der Waals surface area contributed by atoms with Gasteiger partial charge in [0.1, 0.15) is 0 Å². The minimum Gasteiger partial charge on any atom is -0.352 e. The van der Waals surface area contributed by atoms with Gasteiger partial charge in [0, 0.05) is 18.7 Å². The number of unbranched alkanes of at least 4 members (excludes halogenated alkanes) is 1. The molecule has 0 saturated carbocycles. The Hall–Kier alpha value is -2.66. The van der Waals surface area contributed by atoms with E-state index in [0.717, 1.165) is 25.3 Å². The molecule has 1 heterocycles. The highest BCUT2D eigenvalue weighted by Gasteiger charge is 2.16. The Bertz CT molecular complexity index is 807. The summed E-state index contributed by atoms with van der Waals surface area (Å²) < 4.78 is 0. The van der Waals surface area contributed by atoms with Crippen LogP contribution < -0.4 is 10.6 Å². The second-order valence-corrected chi connectivity index (χ2v) is 7.88. The predicted octanol–water partition coefficient (Wildman–Crippen LogP) is 4.18. The number of carbonyl (C=O) groups is 2. The third-order valence-corrected chi connectivity index (χ3v) is 5.38. The Balaban J connectivity index is 1.46. The average molecular weight is 394 g/mol. The van der Waals surface area contributed by atoms with Crippen molar-refractivity contribution in [3.05, 3.63) is 65.7 Å². The summed E-state index contributed by atoms with van der Waals surface area (Å²) in [5.41, 5.74) is 1.58. The number of anilines is 1. The van der Waals surface area contributed by atoms with E-state index in [0.29, 0.717) is 23.4 Å². The average Bonchev–Trinajstić information content (AvgIpc) is 2.74. The maximum atomic E-state index is 12.6. The first kappa shape index (κ1) is 21.1. The number of hydrogen-bond donors (Lipinski definition) is 2. The van der Waals surface area contributed by atoms with Crippen molar-refractivity contribution in [3.8, 4) is 0 Å². The zero-order valence-corrected chi connectivity index (χ0v) is 17.2. The number of nitrogens with one attached hydrogen (secondary N) is 2. The summed E-state index contributed by atoms with van der Waals surface area (Å²) >= 11 is 0. The Morgan fingerprint density at radius 3 is 2.55 bits per heavy atom. The topological polar surface area (TPSA) is 61.4 Å². The molecule has 0 aromatic heterocycles. The van der Waals surface area contributed by atoms with Gasteiger partial charge >= 0.3 is 0 Å². The number of carbonyl (C=O) groups excluding carboxylic acids is 2. The van der Waals surface area contributed by atoms with Gasteiger partial charge in [0.25, 0.3) is 11.8 Å². The van der Waals surface area contributed by atoms with Crippen LogP contribution in [0.1, 0.15) is 53.3 Å². The number of amides is 2. The molecule has 1 atom stereocenters. The van der Waals surface area contributed by atoms with Crippen molar-refractivity contribution >= 4 is 17.5 Å². The molecule has 0 spiro atoms.